The number of rotatable bonds is 3. The van der Waals surface area contributed by atoms with E-state index in [1.165, 1.54) is 0 Å². The largest absolute Gasteiger partial charge is 0.384 e. The molecule has 0 fully saturated rings. The van der Waals surface area contributed by atoms with Gasteiger partial charge in [-0.3, -0.25) is 14.8 Å². The van der Waals surface area contributed by atoms with E-state index in [0.717, 1.165) is 5.56 Å². The Morgan fingerprint density at radius 3 is 2.30 bits per heavy atom. The Morgan fingerprint density at radius 2 is 1.63 bits per heavy atom. The van der Waals surface area contributed by atoms with Crippen LogP contribution in [0, 0.1) is 5.41 Å². The molecule has 0 radical (unpaired) electrons. The van der Waals surface area contributed by atoms with Crippen molar-refractivity contribution in [2.24, 2.45) is 5.73 Å². The summed E-state index contributed by atoms with van der Waals surface area (Å²) in [4.78, 5) is 17.9. The number of aromatic nitrogens is 2. The lowest BCUT2D eigenvalue weighted by Crippen LogP contribution is -2.22. The van der Waals surface area contributed by atoms with Crippen LogP contribution in [0.5, 0.6) is 0 Å². The van der Waals surface area contributed by atoms with Crippen LogP contribution in [-0.2, 0) is 0 Å². The standard InChI is InChI=1S/C21H15ClN4O/c22-15-9-11-16(12-10-15)26-20(14-7-5-13(6-8-14)19(23)24)25-18-4-2-1-3-17(18)21(26)27/h1-12H,(H3,23,24). The molecule has 0 atom stereocenters. The molecule has 6 heteroatoms. The van der Waals surface area contributed by atoms with Gasteiger partial charge in [0.1, 0.15) is 11.7 Å². The zero-order valence-corrected chi connectivity index (χ0v) is 14.9. The number of amidine groups is 1. The van der Waals surface area contributed by atoms with Crippen molar-refractivity contribution in [3.05, 3.63) is 93.7 Å². The lowest BCUT2D eigenvalue weighted by Gasteiger charge is -2.14. The molecule has 0 saturated heterocycles. The molecule has 0 unspecified atom stereocenters. The maximum atomic E-state index is 13.2. The molecule has 0 amide bonds. The topological polar surface area (TPSA) is 84.8 Å². The number of halogens is 1. The summed E-state index contributed by atoms with van der Waals surface area (Å²) in [6.07, 6.45) is 0. The lowest BCUT2D eigenvalue weighted by molar-refractivity contribution is 0.976. The fraction of sp³-hybridized carbons (Fsp3) is 0. The van der Waals surface area contributed by atoms with E-state index in [0.29, 0.717) is 33.0 Å². The van der Waals surface area contributed by atoms with E-state index in [2.05, 4.69) is 0 Å². The predicted octanol–water partition coefficient (Wildman–Crippen LogP) is 3.99. The van der Waals surface area contributed by atoms with Crippen molar-refractivity contribution in [3.63, 3.8) is 0 Å². The van der Waals surface area contributed by atoms with Crippen molar-refractivity contribution in [2.45, 2.75) is 0 Å². The monoisotopic (exact) mass is 374 g/mol. The molecule has 27 heavy (non-hydrogen) atoms. The number of benzene rings is 3. The second kappa shape index (κ2) is 6.70. The third kappa shape index (κ3) is 3.09. The van der Waals surface area contributed by atoms with Gasteiger partial charge in [0.05, 0.1) is 16.6 Å². The highest BCUT2D eigenvalue weighted by Crippen LogP contribution is 2.23. The van der Waals surface area contributed by atoms with E-state index in [9.17, 15) is 4.79 Å². The minimum Gasteiger partial charge on any atom is -0.384 e. The summed E-state index contributed by atoms with van der Waals surface area (Å²) in [6.45, 7) is 0. The highest BCUT2D eigenvalue weighted by Gasteiger charge is 2.14. The molecular formula is C21H15ClN4O. The maximum absolute atomic E-state index is 13.2. The fourth-order valence-corrected chi connectivity index (χ4v) is 3.08. The average Bonchev–Trinajstić information content (AvgIpc) is 2.69. The van der Waals surface area contributed by atoms with Crippen molar-refractivity contribution in [1.29, 1.82) is 5.41 Å². The molecule has 4 rings (SSSR count). The number of nitrogen functional groups attached to an aromatic ring is 1. The lowest BCUT2D eigenvalue weighted by atomic mass is 10.1. The molecule has 3 aromatic carbocycles. The van der Waals surface area contributed by atoms with Crippen molar-refractivity contribution in [1.82, 2.24) is 9.55 Å². The Bertz CT molecular complexity index is 1210. The van der Waals surface area contributed by atoms with Gasteiger partial charge in [0.25, 0.3) is 5.56 Å². The minimum absolute atomic E-state index is 0.0110. The molecule has 132 valence electrons. The Balaban J connectivity index is 2.03. The summed E-state index contributed by atoms with van der Waals surface area (Å²) in [5, 5.41) is 8.67. The van der Waals surface area contributed by atoms with Crippen LogP contribution in [0.25, 0.3) is 28.0 Å². The number of para-hydroxylation sites is 1. The first-order valence-corrected chi connectivity index (χ1v) is 8.65. The number of fused-ring (bicyclic) bond motifs is 1. The first-order chi connectivity index (χ1) is 13.0. The zero-order valence-electron chi connectivity index (χ0n) is 14.2. The molecule has 0 aliphatic heterocycles. The number of nitrogens with two attached hydrogens (primary N) is 1. The van der Waals surface area contributed by atoms with E-state index in [-0.39, 0.29) is 11.4 Å². The highest BCUT2D eigenvalue weighted by molar-refractivity contribution is 6.30. The number of nitrogens with one attached hydrogen (secondary N) is 1. The zero-order chi connectivity index (χ0) is 19.0. The maximum Gasteiger partial charge on any atom is 0.266 e. The Kier molecular flexibility index (Phi) is 4.22. The molecule has 0 aliphatic carbocycles. The van der Waals surface area contributed by atoms with Crippen molar-refractivity contribution in [3.8, 4) is 17.1 Å². The fourth-order valence-electron chi connectivity index (χ4n) is 2.95. The quantitative estimate of drug-likeness (QED) is 0.420. The van der Waals surface area contributed by atoms with Crippen LogP contribution in [0.3, 0.4) is 0 Å². The molecule has 0 bridgehead atoms. The van der Waals surface area contributed by atoms with Crippen LogP contribution in [-0.4, -0.2) is 15.4 Å². The van der Waals surface area contributed by atoms with Crippen LogP contribution in [0.1, 0.15) is 5.56 Å². The van der Waals surface area contributed by atoms with Gasteiger partial charge in [-0.1, -0.05) is 48.0 Å². The minimum atomic E-state index is -0.159. The molecule has 0 spiro atoms. The summed E-state index contributed by atoms with van der Waals surface area (Å²) in [5.74, 6) is 0.499. The van der Waals surface area contributed by atoms with Crippen LogP contribution in [0.2, 0.25) is 5.02 Å². The molecule has 1 heterocycles. The van der Waals surface area contributed by atoms with Gasteiger partial charge in [0, 0.05) is 16.1 Å². The second-order valence-electron chi connectivity index (χ2n) is 6.06. The molecule has 3 N–H and O–H groups in total. The number of hydrogen-bond donors (Lipinski definition) is 2. The average molecular weight is 375 g/mol. The Hall–Kier alpha value is -3.44. The van der Waals surface area contributed by atoms with Crippen LogP contribution in [0.15, 0.2) is 77.6 Å². The number of nitrogens with zero attached hydrogens (tertiary/aromatic N) is 2. The van der Waals surface area contributed by atoms with Gasteiger partial charge in [-0.25, -0.2) is 4.98 Å². The number of hydrogen-bond acceptors (Lipinski definition) is 3. The van der Waals surface area contributed by atoms with E-state index in [1.807, 2.05) is 18.2 Å². The third-order valence-electron chi connectivity index (χ3n) is 4.31. The summed E-state index contributed by atoms with van der Waals surface area (Å²) < 4.78 is 1.57. The first kappa shape index (κ1) is 17.0. The molecule has 0 saturated carbocycles. The summed E-state index contributed by atoms with van der Waals surface area (Å²) in [5.41, 5.74) is 8.03. The molecule has 1 aromatic heterocycles. The third-order valence-corrected chi connectivity index (χ3v) is 4.57. The van der Waals surface area contributed by atoms with E-state index in [4.69, 9.17) is 27.7 Å². The molecule has 0 aliphatic rings. The SMILES string of the molecule is N=C(N)c1ccc(-c2nc3ccccc3c(=O)n2-c2ccc(Cl)cc2)cc1. The summed E-state index contributed by atoms with van der Waals surface area (Å²) >= 11 is 6.00. The molecule has 4 aromatic rings. The van der Waals surface area contributed by atoms with Crippen molar-refractivity contribution < 1.29 is 0 Å². The van der Waals surface area contributed by atoms with Crippen LogP contribution >= 0.6 is 11.6 Å². The van der Waals surface area contributed by atoms with Crippen LogP contribution < -0.4 is 11.3 Å². The predicted molar refractivity (Wildman–Crippen MR) is 109 cm³/mol. The van der Waals surface area contributed by atoms with Gasteiger partial charge >= 0.3 is 0 Å². The van der Waals surface area contributed by atoms with Gasteiger partial charge in [0.15, 0.2) is 0 Å². The van der Waals surface area contributed by atoms with Crippen LogP contribution in [0.4, 0.5) is 0 Å². The highest BCUT2D eigenvalue weighted by atomic mass is 35.5. The van der Waals surface area contributed by atoms with Gasteiger partial charge in [0.2, 0.25) is 0 Å². The Morgan fingerprint density at radius 1 is 0.963 bits per heavy atom. The smallest absolute Gasteiger partial charge is 0.266 e. The first-order valence-electron chi connectivity index (χ1n) is 8.27. The second-order valence-corrected chi connectivity index (χ2v) is 6.50. The van der Waals surface area contributed by atoms with Crippen molar-refractivity contribution >= 4 is 28.3 Å². The Labute approximate surface area is 160 Å². The van der Waals surface area contributed by atoms with E-state index in [1.54, 1.807) is 59.2 Å². The van der Waals surface area contributed by atoms with Crippen molar-refractivity contribution in [2.75, 3.05) is 0 Å². The molecular weight excluding hydrogens is 360 g/mol. The van der Waals surface area contributed by atoms with E-state index >= 15 is 0 Å². The van der Waals surface area contributed by atoms with Gasteiger partial charge in [-0.15, -0.1) is 0 Å². The van der Waals surface area contributed by atoms with Gasteiger partial charge < -0.3 is 5.73 Å². The normalized spacial score (nSPS) is 10.9. The van der Waals surface area contributed by atoms with E-state index < -0.39 is 0 Å². The van der Waals surface area contributed by atoms with Gasteiger partial charge in [-0.2, -0.15) is 0 Å². The summed E-state index contributed by atoms with van der Waals surface area (Å²) in [6, 6.07) is 21.4. The molecule has 5 nitrogen and oxygen atoms in total. The summed E-state index contributed by atoms with van der Waals surface area (Å²) in [7, 11) is 0. The van der Waals surface area contributed by atoms with Gasteiger partial charge in [-0.05, 0) is 36.4 Å².